The van der Waals surface area contributed by atoms with Gasteiger partial charge in [0.15, 0.2) is 0 Å². The molecular weight excluding hydrogens is 803 g/mol. The number of nitrogens with zero attached hydrogens (tertiary/aromatic N) is 8. The van der Waals surface area contributed by atoms with Gasteiger partial charge in [-0.3, -0.25) is 0 Å². The summed E-state index contributed by atoms with van der Waals surface area (Å²) in [6, 6.07) is 31.5. The number of hydrogen-bond donors (Lipinski definition) is 0. The van der Waals surface area contributed by atoms with Crippen molar-refractivity contribution in [3.05, 3.63) is 169 Å². The molecule has 0 bridgehead atoms. The lowest BCUT2D eigenvalue weighted by molar-refractivity contribution is -0.141. The van der Waals surface area contributed by atoms with Crippen LogP contribution in [0, 0.1) is 96.6 Å². The van der Waals surface area contributed by atoms with Gasteiger partial charge in [-0.15, -0.1) is 0 Å². The molecule has 4 aromatic carbocycles. The number of rotatable bonds is 4. The van der Waals surface area contributed by atoms with E-state index in [-0.39, 0.29) is 45.4 Å². The SMILES string of the molecule is N#CC1=CC(/C(C#N)=C2\C(c3ccccc3)=C(C#N)c3c2c(C(F)(F)F)c2c(c3C(F)(F)F)C(C#N)=C(c3ccccc3)/C2=C(/C#N)c2cc(C#N)cc(C#N)c2)CC(C#N)=C1. The van der Waals surface area contributed by atoms with Gasteiger partial charge >= 0.3 is 12.4 Å². The Morgan fingerprint density at radius 3 is 1.44 bits per heavy atom. The van der Waals surface area contributed by atoms with E-state index >= 15 is 26.3 Å². The average molecular weight is 821 g/mol. The molecule has 4 aromatic rings. The van der Waals surface area contributed by atoms with Gasteiger partial charge in [-0.25, -0.2) is 0 Å². The minimum absolute atomic E-state index is 0.0624. The maximum atomic E-state index is 16.6. The van der Waals surface area contributed by atoms with Crippen LogP contribution in [0.1, 0.15) is 67.6 Å². The third kappa shape index (κ3) is 6.55. The number of benzene rings is 4. The first-order chi connectivity index (χ1) is 29.7. The second-order valence-electron chi connectivity index (χ2n) is 13.8. The summed E-state index contributed by atoms with van der Waals surface area (Å²) < 4.78 is 98.3. The van der Waals surface area contributed by atoms with E-state index in [4.69, 9.17) is 0 Å². The summed E-state index contributed by atoms with van der Waals surface area (Å²) in [5.41, 5.74) is -15.6. The molecule has 8 nitrogen and oxygen atoms in total. The van der Waals surface area contributed by atoms with Crippen molar-refractivity contribution in [2.45, 2.75) is 18.8 Å². The highest BCUT2D eigenvalue weighted by atomic mass is 19.4. The molecule has 14 heteroatoms. The topological polar surface area (TPSA) is 190 Å². The third-order valence-electron chi connectivity index (χ3n) is 10.4. The molecule has 3 aliphatic rings. The normalized spacial score (nSPS) is 17.0. The summed E-state index contributed by atoms with van der Waals surface area (Å²) in [6.45, 7) is 0. The first kappa shape index (κ1) is 41.0. The fourth-order valence-electron chi connectivity index (χ4n) is 8.23. The Labute approximate surface area is 348 Å². The average Bonchev–Trinajstić information content (AvgIpc) is 3.78. The van der Waals surface area contributed by atoms with Crippen LogP contribution < -0.4 is 0 Å². The van der Waals surface area contributed by atoms with Gasteiger partial charge in [0.25, 0.3) is 0 Å². The van der Waals surface area contributed by atoms with Crippen molar-refractivity contribution in [2.75, 3.05) is 0 Å². The Bertz CT molecular complexity index is 3220. The zero-order valence-corrected chi connectivity index (χ0v) is 31.3. The molecule has 3 aliphatic carbocycles. The van der Waals surface area contributed by atoms with Gasteiger partial charge in [0.2, 0.25) is 0 Å². The molecule has 62 heavy (non-hydrogen) atoms. The second-order valence-corrected chi connectivity index (χ2v) is 13.8. The molecule has 1 atom stereocenters. The molecule has 0 saturated heterocycles. The van der Waals surface area contributed by atoms with E-state index in [0.717, 1.165) is 18.2 Å². The van der Waals surface area contributed by atoms with Crippen LogP contribution in [0.25, 0.3) is 39.0 Å². The predicted octanol–water partition coefficient (Wildman–Crippen LogP) is 11.0. The summed E-state index contributed by atoms with van der Waals surface area (Å²) in [4.78, 5) is 0. The quantitative estimate of drug-likeness (QED) is 0.143. The molecule has 292 valence electrons. The van der Waals surface area contributed by atoms with Gasteiger partial charge in [0.05, 0.1) is 69.3 Å². The van der Waals surface area contributed by atoms with Crippen LogP contribution in [-0.4, -0.2) is 0 Å². The van der Waals surface area contributed by atoms with Crippen molar-refractivity contribution in [2.24, 2.45) is 5.92 Å². The van der Waals surface area contributed by atoms with Crippen LogP contribution in [0.15, 0.2) is 108 Å². The van der Waals surface area contributed by atoms with E-state index < -0.39 is 96.2 Å². The van der Waals surface area contributed by atoms with Crippen LogP contribution in [0.5, 0.6) is 0 Å². The first-order valence-electron chi connectivity index (χ1n) is 18.0. The van der Waals surface area contributed by atoms with E-state index in [1.54, 1.807) is 30.3 Å². The summed E-state index contributed by atoms with van der Waals surface area (Å²) in [5.74, 6) is -1.37. The third-order valence-corrected chi connectivity index (χ3v) is 10.4. The lowest BCUT2D eigenvalue weighted by Crippen LogP contribution is -2.21. The van der Waals surface area contributed by atoms with Gasteiger partial charge in [-0.1, -0.05) is 66.7 Å². The van der Waals surface area contributed by atoms with Crippen LogP contribution in [-0.2, 0) is 12.4 Å². The molecule has 0 N–H and O–H groups in total. The minimum Gasteiger partial charge on any atom is -0.193 e. The van der Waals surface area contributed by atoms with Gasteiger partial charge in [0, 0.05) is 67.2 Å². The summed E-state index contributed by atoms with van der Waals surface area (Å²) >= 11 is 0. The molecule has 0 aliphatic heterocycles. The van der Waals surface area contributed by atoms with E-state index in [2.05, 4.69) is 0 Å². The Kier molecular flexibility index (Phi) is 10.3. The fraction of sp³-hybridized carbons (Fsp3) is 0.0833. The van der Waals surface area contributed by atoms with Crippen molar-refractivity contribution < 1.29 is 26.3 Å². The Balaban J connectivity index is 1.84. The second kappa shape index (κ2) is 15.5. The van der Waals surface area contributed by atoms with Crippen molar-refractivity contribution in [3.63, 3.8) is 0 Å². The monoisotopic (exact) mass is 820 g/mol. The van der Waals surface area contributed by atoms with Gasteiger partial charge < -0.3 is 0 Å². The number of fused-ring (bicyclic) bond motifs is 2. The maximum Gasteiger partial charge on any atom is 0.417 e. The molecule has 1 unspecified atom stereocenters. The molecule has 0 fully saturated rings. The van der Waals surface area contributed by atoms with Crippen LogP contribution in [0.2, 0.25) is 0 Å². The van der Waals surface area contributed by atoms with E-state index in [1.165, 1.54) is 72.8 Å². The summed E-state index contributed by atoms with van der Waals surface area (Å²) in [7, 11) is 0. The Morgan fingerprint density at radius 2 is 1.02 bits per heavy atom. The van der Waals surface area contributed by atoms with E-state index in [9.17, 15) is 42.1 Å². The zero-order chi connectivity index (χ0) is 44.7. The standard InChI is InChI=1S/C48H18F6N8/c49-47(50,51)45-41-35(23-61)37(29-7-3-1-4-8-29)39(33(21-59)31-13-25(17-55)11-26(14-31)18-56)43(41)46(48(52,53)54)44-40(34(22-60)32-15-27(19-57)12-28(16-32)20-58)38(36(24-62)42(44)45)30-9-5-2-6-10-30/h1-15,32H,16H2/b39-33+,40-34+. The first-order valence-corrected chi connectivity index (χ1v) is 18.0. The van der Waals surface area contributed by atoms with Crippen molar-refractivity contribution in [1.29, 1.82) is 42.1 Å². The summed E-state index contributed by atoms with van der Waals surface area (Å²) in [6.07, 6.45) is -9.28. The largest absolute Gasteiger partial charge is 0.417 e. The number of nitriles is 8. The smallest absolute Gasteiger partial charge is 0.193 e. The van der Waals surface area contributed by atoms with Gasteiger partial charge in [0.1, 0.15) is 18.2 Å². The molecular formula is C48H18F6N8. The fourth-order valence-corrected chi connectivity index (χ4v) is 8.23. The highest BCUT2D eigenvalue weighted by molar-refractivity contribution is 6.34. The Hall–Kier alpha value is -9.18. The van der Waals surface area contributed by atoms with Crippen LogP contribution in [0.3, 0.4) is 0 Å². The molecule has 0 saturated carbocycles. The molecule has 7 rings (SSSR count). The van der Waals surface area contributed by atoms with E-state index in [0.29, 0.717) is 0 Å². The highest BCUT2D eigenvalue weighted by Gasteiger charge is 2.54. The minimum atomic E-state index is -5.68. The number of hydrogen-bond acceptors (Lipinski definition) is 8. The highest BCUT2D eigenvalue weighted by Crippen LogP contribution is 2.63. The lowest BCUT2D eigenvalue weighted by Gasteiger charge is -2.26. The Morgan fingerprint density at radius 1 is 0.532 bits per heavy atom. The molecule has 0 radical (unpaired) electrons. The van der Waals surface area contributed by atoms with Gasteiger partial charge in [-0.05, 0) is 47.4 Å². The van der Waals surface area contributed by atoms with Crippen LogP contribution >= 0.6 is 0 Å². The lowest BCUT2D eigenvalue weighted by atomic mass is 9.77. The van der Waals surface area contributed by atoms with E-state index in [1.807, 2.05) is 18.2 Å². The molecule has 0 aromatic heterocycles. The molecule has 0 amide bonds. The zero-order valence-electron chi connectivity index (χ0n) is 31.3. The number of alkyl halides is 6. The van der Waals surface area contributed by atoms with Crippen molar-refractivity contribution >= 4 is 39.0 Å². The van der Waals surface area contributed by atoms with Crippen LogP contribution in [0.4, 0.5) is 26.3 Å². The number of halogens is 6. The van der Waals surface area contributed by atoms with Gasteiger partial charge in [-0.2, -0.15) is 68.4 Å². The maximum absolute atomic E-state index is 16.6. The van der Waals surface area contributed by atoms with Crippen molar-refractivity contribution in [3.8, 4) is 48.6 Å². The van der Waals surface area contributed by atoms with Crippen molar-refractivity contribution in [1.82, 2.24) is 0 Å². The molecule has 0 heterocycles. The molecule has 0 spiro atoms. The number of allylic oxidation sites excluding steroid dienone is 12. The summed E-state index contributed by atoms with van der Waals surface area (Å²) in [5, 5.41) is 82.8. The predicted molar refractivity (Wildman–Crippen MR) is 211 cm³/mol.